The van der Waals surface area contributed by atoms with E-state index in [1.165, 1.54) is 24.2 Å². The zero-order valence-corrected chi connectivity index (χ0v) is 10.2. The summed E-state index contributed by atoms with van der Waals surface area (Å²) in [6.07, 6.45) is 4.21. The van der Waals surface area contributed by atoms with E-state index in [4.69, 9.17) is 0 Å². The number of nitrogens with one attached hydrogen (secondary N) is 1. The van der Waals surface area contributed by atoms with E-state index in [9.17, 15) is 0 Å². The summed E-state index contributed by atoms with van der Waals surface area (Å²) < 4.78 is 0. The molecule has 1 aliphatic heterocycles. The summed E-state index contributed by atoms with van der Waals surface area (Å²) in [5.41, 5.74) is 2.57. The Labute approximate surface area is 97.9 Å². The van der Waals surface area contributed by atoms with Gasteiger partial charge < -0.3 is 10.2 Å². The highest BCUT2D eigenvalue weighted by molar-refractivity contribution is 5.19. The van der Waals surface area contributed by atoms with Crippen molar-refractivity contribution in [1.29, 1.82) is 0 Å². The molecule has 1 unspecified atom stereocenters. The van der Waals surface area contributed by atoms with Crippen molar-refractivity contribution in [3.63, 3.8) is 0 Å². The third-order valence-corrected chi connectivity index (χ3v) is 3.31. The monoisotopic (exact) mass is 219 g/mol. The number of likely N-dealkylation sites (tertiary alicyclic amines) is 1. The largest absolute Gasteiger partial charge is 0.307 e. The number of hydrogen-bond acceptors (Lipinski definition) is 3. The van der Waals surface area contributed by atoms with Crippen LogP contribution in [0.4, 0.5) is 0 Å². The van der Waals surface area contributed by atoms with Crippen molar-refractivity contribution in [2.75, 3.05) is 20.1 Å². The second-order valence-electron chi connectivity index (χ2n) is 4.59. The van der Waals surface area contributed by atoms with Gasteiger partial charge in [0, 0.05) is 25.3 Å². The van der Waals surface area contributed by atoms with E-state index >= 15 is 0 Å². The van der Waals surface area contributed by atoms with Gasteiger partial charge in [-0.2, -0.15) is 0 Å². The lowest BCUT2D eigenvalue weighted by atomic mass is 10.1. The zero-order chi connectivity index (χ0) is 11.4. The van der Waals surface area contributed by atoms with Crippen molar-refractivity contribution in [3.05, 3.63) is 29.6 Å². The number of aromatic nitrogens is 1. The second-order valence-corrected chi connectivity index (χ2v) is 4.59. The minimum atomic E-state index is 0.636. The van der Waals surface area contributed by atoms with Crippen LogP contribution in [0.2, 0.25) is 0 Å². The van der Waals surface area contributed by atoms with Crippen molar-refractivity contribution < 1.29 is 0 Å². The summed E-state index contributed by atoms with van der Waals surface area (Å²) in [5, 5.41) is 3.60. The second kappa shape index (κ2) is 5.41. The molecule has 0 aliphatic carbocycles. The molecule has 1 aromatic rings. The standard InChI is InChI=1S/C13H21N3/c1-3-11-5-4-7-14-13(11)9-15-12-6-8-16(2)10-12/h4-5,7,12,15H,3,6,8-10H2,1-2H3. The van der Waals surface area contributed by atoms with Gasteiger partial charge in [0.2, 0.25) is 0 Å². The van der Waals surface area contributed by atoms with E-state index in [1.807, 2.05) is 12.3 Å². The molecular formula is C13H21N3. The number of pyridine rings is 1. The first-order valence-corrected chi connectivity index (χ1v) is 6.14. The number of likely N-dealkylation sites (N-methyl/N-ethyl adjacent to an activating group) is 1. The lowest BCUT2D eigenvalue weighted by molar-refractivity contribution is 0.397. The number of nitrogens with zero attached hydrogens (tertiary/aromatic N) is 2. The van der Waals surface area contributed by atoms with E-state index in [2.05, 4.69) is 35.2 Å². The number of aryl methyl sites for hydroxylation is 1. The highest BCUT2D eigenvalue weighted by Crippen LogP contribution is 2.09. The molecule has 0 radical (unpaired) electrons. The Morgan fingerprint density at radius 2 is 2.44 bits per heavy atom. The Morgan fingerprint density at radius 1 is 1.56 bits per heavy atom. The zero-order valence-electron chi connectivity index (χ0n) is 10.2. The summed E-state index contributed by atoms with van der Waals surface area (Å²) in [6.45, 7) is 5.46. The third kappa shape index (κ3) is 2.80. The molecule has 2 heterocycles. The van der Waals surface area contributed by atoms with Crippen LogP contribution in [0, 0.1) is 0 Å². The maximum atomic E-state index is 4.45. The summed E-state index contributed by atoms with van der Waals surface area (Å²) in [6, 6.07) is 4.83. The Morgan fingerprint density at radius 3 is 3.12 bits per heavy atom. The maximum absolute atomic E-state index is 4.45. The molecule has 3 heteroatoms. The molecule has 1 aromatic heterocycles. The van der Waals surface area contributed by atoms with Crippen LogP contribution in [-0.4, -0.2) is 36.1 Å². The van der Waals surface area contributed by atoms with E-state index in [-0.39, 0.29) is 0 Å². The van der Waals surface area contributed by atoms with Crippen molar-refractivity contribution in [2.45, 2.75) is 32.4 Å². The molecule has 0 amide bonds. The fraction of sp³-hybridized carbons (Fsp3) is 0.615. The number of hydrogen-bond donors (Lipinski definition) is 1. The third-order valence-electron chi connectivity index (χ3n) is 3.31. The van der Waals surface area contributed by atoms with Gasteiger partial charge in [-0.05, 0) is 38.1 Å². The Hall–Kier alpha value is -0.930. The Bertz CT molecular complexity index is 338. The van der Waals surface area contributed by atoms with Gasteiger partial charge in [-0.15, -0.1) is 0 Å². The predicted octanol–water partition coefficient (Wildman–Crippen LogP) is 1.44. The normalized spacial score (nSPS) is 21.5. The lowest BCUT2D eigenvalue weighted by Crippen LogP contribution is -2.31. The van der Waals surface area contributed by atoms with Gasteiger partial charge in [-0.25, -0.2) is 0 Å². The van der Waals surface area contributed by atoms with Crippen LogP contribution in [0.3, 0.4) is 0 Å². The molecule has 0 spiro atoms. The van der Waals surface area contributed by atoms with Crippen LogP contribution in [0.5, 0.6) is 0 Å². The van der Waals surface area contributed by atoms with Crippen LogP contribution < -0.4 is 5.32 Å². The highest BCUT2D eigenvalue weighted by Gasteiger charge is 2.18. The van der Waals surface area contributed by atoms with Crippen LogP contribution in [0.15, 0.2) is 18.3 Å². The van der Waals surface area contributed by atoms with Crippen LogP contribution in [0.25, 0.3) is 0 Å². The van der Waals surface area contributed by atoms with Crippen molar-refractivity contribution in [2.24, 2.45) is 0 Å². The summed E-state index contributed by atoms with van der Waals surface area (Å²) >= 11 is 0. The molecule has 0 aromatic carbocycles. The molecule has 2 rings (SSSR count). The summed E-state index contributed by atoms with van der Waals surface area (Å²) in [4.78, 5) is 6.83. The highest BCUT2D eigenvalue weighted by atomic mass is 15.2. The molecule has 16 heavy (non-hydrogen) atoms. The van der Waals surface area contributed by atoms with E-state index < -0.39 is 0 Å². The SMILES string of the molecule is CCc1cccnc1CNC1CCN(C)C1. The van der Waals surface area contributed by atoms with Gasteiger partial charge in [0.05, 0.1) is 5.69 Å². The van der Waals surface area contributed by atoms with Crippen molar-refractivity contribution in [1.82, 2.24) is 15.2 Å². The first kappa shape index (κ1) is 11.6. The smallest absolute Gasteiger partial charge is 0.0573 e. The molecular weight excluding hydrogens is 198 g/mol. The quantitative estimate of drug-likeness (QED) is 0.830. The van der Waals surface area contributed by atoms with Crippen LogP contribution in [0.1, 0.15) is 24.6 Å². The fourth-order valence-electron chi connectivity index (χ4n) is 2.30. The molecule has 1 N–H and O–H groups in total. The van der Waals surface area contributed by atoms with Gasteiger partial charge >= 0.3 is 0 Å². The first-order chi connectivity index (χ1) is 7.79. The Balaban J connectivity index is 1.89. The minimum Gasteiger partial charge on any atom is -0.307 e. The average molecular weight is 219 g/mol. The molecule has 88 valence electrons. The summed E-state index contributed by atoms with van der Waals surface area (Å²) in [7, 11) is 2.18. The molecule has 1 aliphatic rings. The van der Waals surface area contributed by atoms with Crippen molar-refractivity contribution >= 4 is 0 Å². The molecule has 3 nitrogen and oxygen atoms in total. The molecule has 1 fully saturated rings. The van der Waals surface area contributed by atoms with Gasteiger partial charge in [0.25, 0.3) is 0 Å². The van der Waals surface area contributed by atoms with Crippen molar-refractivity contribution in [3.8, 4) is 0 Å². The summed E-state index contributed by atoms with van der Waals surface area (Å²) in [5.74, 6) is 0. The minimum absolute atomic E-state index is 0.636. The average Bonchev–Trinajstić information content (AvgIpc) is 2.73. The van der Waals surface area contributed by atoms with Gasteiger partial charge in [-0.3, -0.25) is 4.98 Å². The lowest BCUT2D eigenvalue weighted by Gasteiger charge is -2.13. The van der Waals surface area contributed by atoms with Gasteiger partial charge in [-0.1, -0.05) is 13.0 Å². The van der Waals surface area contributed by atoms with Gasteiger partial charge in [0.1, 0.15) is 0 Å². The number of rotatable bonds is 4. The van der Waals surface area contributed by atoms with Crippen LogP contribution >= 0.6 is 0 Å². The molecule has 0 bridgehead atoms. The maximum Gasteiger partial charge on any atom is 0.0573 e. The molecule has 1 atom stereocenters. The fourth-order valence-corrected chi connectivity index (χ4v) is 2.30. The van der Waals surface area contributed by atoms with E-state index in [1.54, 1.807) is 0 Å². The van der Waals surface area contributed by atoms with Gasteiger partial charge in [0.15, 0.2) is 0 Å². The molecule has 1 saturated heterocycles. The van der Waals surface area contributed by atoms with E-state index in [0.29, 0.717) is 6.04 Å². The first-order valence-electron chi connectivity index (χ1n) is 6.14. The predicted molar refractivity (Wildman–Crippen MR) is 66.4 cm³/mol. The molecule has 0 saturated carbocycles. The topological polar surface area (TPSA) is 28.2 Å². The van der Waals surface area contributed by atoms with Crippen LogP contribution in [-0.2, 0) is 13.0 Å². The van der Waals surface area contributed by atoms with E-state index in [0.717, 1.165) is 19.5 Å². The Kier molecular flexibility index (Phi) is 3.91.